The van der Waals surface area contributed by atoms with Crippen molar-refractivity contribution in [2.45, 2.75) is 25.8 Å². The second-order valence-electron chi connectivity index (χ2n) is 5.05. The number of hydrogen-bond donors (Lipinski definition) is 4. The maximum absolute atomic E-state index is 13.0. The average molecular weight is 339 g/mol. The summed E-state index contributed by atoms with van der Waals surface area (Å²) in [6.07, 6.45) is 0.152. The molecular weight excluding hydrogens is 321 g/mol. The van der Waals surface area contributed by atoms with Gasteiger partial charge in [0.15, 0.2) is 0 Å². The van der Waals surface area contributed by atoms with E-state index in [4.69, 9.17) is 5.11 Å². The first-order valence-corrected chi connectivity index (χ1v) is 7.14. The largest absolute Gasteiger partial charge is 0.481 e. The maximum atomic E-state index is 13.0. The second kappa shape index (κ2) is 9.23. The van der Waals surface area contributed by atoms with Gasteiger partial charge in [-0.15, -0.1) is 0 Å². The summed E-state index contributed by atoms with van der Waals surface area (Å²) in [6, 6.07) is 4.62. The molecule has 8 nitrogen and oxygen atoms in total. The molecule has 0 saturated carbocycles. The molecule has 130 valence electrons. The van der Waals surface area contributed by atoms with Crippen molar-refractivity contribution in [3.63, 3.8) is 0 Å². The Hall–Kier alpha value is -2.97. The predicted octanol–water partition coefficient (Wildman–Crippen LogP) is 0.250. The van der Waals surface area contributed by atoms with Crippen LogP contribution in [0.5, 0.6) is 0 Å². The monoisotopic (exact) mass is 339 g/mol. The highest BCUT2D eigenvalue weighted by Crippen LogP contribution is 2.08. The van der Waals surface area contributed by atoms with E-state index >= 15 is 0 Å². The lowest BCUT2D eigenvalue weighted by atomic mass is 10.2. The van der Waals surface area contributed by atoms with Crippen molar-refractivity contribution in [1.82, 2.24) is 10.6 Å². The van der Waals surface area contributed by atoms with Crippen molar-refractivity contribution >= 4 is 29.4 Å². The number of carbonyl (C=O) groups excluding carboxylic acids is 3. The van der Waals surface area contributed by atoms with E-state index in [9.17, 15) is 23.6 Å². The number of carboxylic acid groups (broad SMARTS) is 1. The van der Waals surface area contributed by atoms with E-state index in [0.717, 1.165) is 6.07 Å². The van der Waals surface area contributed by atoms with Crippen molar-refractivity contribution in [3.8, 4) is 0 Å². The molecule has 0 radical (unpaired) electrons. The first-order chi connectivity index (χ1) is 11.3. The van der Waals surface area contributed by atoms with Gasteiger partial charge in [0.05, 0.1) is 6.54 Å². The smallest absolute Gasteiger partial charge is 0.313 e. The van der Waals surface area contributed by atoms with Crippen LogP contribution in [0.3, 0.4) is 0 Å². The molecule has 0 spiro atoms. The summed E-state index contributed by atoms with van der Waals surface area (Å²) in [5.41, 5.74) is 0.113. The van der Waals surface area contributed by atoms with Crippen molar-refractivity contribution in [2.24, 2.45) is 0 Å². The van der Waals surface area contributed by atoms with E-state index in [1.54, 1.807) is 6.92 Å². The predicted molar refractivity (Wildman–Crippen MR) is 82.5 cm³/mol. The van der Waals surface area contributed by atoms with Crippen molar-refractivity contribution < 1.29 is 28.7 Å². The molecule has 1 aromatic carbocycles. The number of aliphatic carboxylic acids is 1. The van der Waals surface area contributed by atoms with Crippen molar-refractivity contribution in [2.75, 3.05) is 11.9 Å². The Kier molecular flexibility index (Phi) is 7.34. The van der Waals surface area contributed by atoms with Crippen LogP contribution in [0.2, 0.25) is 0 Å². The van der Waals surface area contributed by atoms with E-state index in [2.05, 4.69) is 16.0 Å². The lowest BCUT2D eigenvalue weighted by molar-refractivity contribution is -0.137. The van der Waals surface area contributed by atoms with Crippen LogP contribution in [0, 0.1) is 5.82 Å². The average Bonchev–Trinajstić information content (AvgIpc) is 2.50. The van der Waals surface area contributed by atoms with Crippen LogP contribution < -0.4 is 16.0 Å². The van der Waals surface area contributed by atoms with Gasteiger partial charge in [-0.2, -0.15) is 0 Å². The van der Waals surface area contributed by atoms with E-state index in [1.165, 1.54) is 18.2 Å². The summed E-state index contributed by atoms with van der Waals surface area (Å²) in [5, 5.41) is 15.3. The van der Waals surface area contributed by atoms with E-state index in [-0.39, 0.29) is 24.6 Å². The highest BCUT2D eigenvalue weighted by atomic mass is 19.1. The molecule has 9 heteroatoms. The van der Waals surface area contributed by atoms with Gasteiger partial charge in [0.1, 0.15) is 5.82 Å². The number of hydrogen-bond acceptors (Lipinski definition) is 4. The number of halogens is 1. The number of nitrogens with one attached hydrogen (secondary N) is 3. The Morgan fingerprint density at radius 1 is 1.21 bits per heavy atom. The summed E-state index contributed by atoms with van der Waals surface area (Å²) >= 11 is 0. The third kappa shape index (κ3) is 7.34. The van der Waals surface area contributed by atoms with E-state index < -0.39 is 36.1 Å². The van der Waals surface area contributed by atoms with Crippen LogP contribution in [-0.2, 0) is 19.2 Å². The Labute approximate surface area is 137 Å². The molecule has 0 heterocycles. The van der Waals surface area contributed by atoms with Gasteiger partial charge in [0, 0.05) is 18.2 Å². The fraction of sp³-hybridized carbons (Fsp3) is 0.333. The molecule has 0 aliphatic heterocycles. The Balaban J connectivity index is 2.35. The molecule has 0 aliphatic rings. The summed E-state index contributed by atoms with van der Waals surface area (Å²) in [7, 11) is 0. The zero-order valence-electron chi connectivity index (χ0n) is 13.0. The van der Waals surface area contributed by atoms with Crippen LogP contribution in [0.4, 0.5) is 10.1 Å². The molecule has 1 rings (SSSR count). The molecular formula is C15H18FN3O5. The Bertz CT molecular complexity index is 635. The van der Waals surface area contributed by atoms with Crippen molar-refractivity contribution in [3.05, 3.63) is 30.1 Å². The minimum Gasteiger partial charge on any atom is -0.481 e. The standard InChI is InChI=1S/C15H18FN3O5/c1-9(5-6-13(21)22)18-12(20)8-17-14(23)15(24)19-11-4-2-3-10(16)7-11/h2-4,7,9H,5-6,8H2,1H3,(H,17,23)(H,18,20)(H,19,24)(H,21,22). The molecule has 0 fully saturated rings. The van der Waals surface area contributed by atoms with Gasteiger partial charge in [0.2, 0.25) is 5.91 Å². The van der Waals surface area contributed by atoms with Gasteiger partial charge in [-0.25, -0.2) is 4.39 Å². The number of rotatable bonds is 7. The number of benzene rings is 1. The van der Waals surface area contributed by atoms with Crippen LogP contribution in [0.25, 0.3) is 0 Å². The van der Waals surface area contributed by atoms with Crippen LogP contribution in [-0.4, -0.2) is 41.4 Å². The molecule has 0 bridgehead atoms. The zero-order chi connectivity index (χ0) is 18.1. The Morgan fingerprint density at radius 3 is 2.54 bits per heavy atom. The number of amides is 3. The minimum absolute atomic E-state index is 0.0934. The van der Waals surface area contributed by atoms with Gasteiger partial charge >= 0.3 is 17.8 Å². The van der Waals surface area contributed by atoms with Gasteiger partial charge in [-0.05, 0) is 31.5 Å². The van der Waals surface area contributed by atoms with Gasteiger partial charge in [-0.3, -0.25) is 19.2 Å². The lowest BCUT2D eigenvalue weighted by Crippen LogP contribution is -2.44. The molecule has 3 amide bonds. The van der Waals surface area contributed by atoms with Gasteiger partial charge in [-0.1, -0.05) is 6.07 Å². The Morgan fingerprint density at radius 2 is 1.92 bits per heavy atom. The normalized spacial score (nSPS) is 11.2. The second-order valence-corrected chi connectivity index (χ2v) is 5.05. The quantitative estimate of drug-likeness (QED) is 0.530. The third-order valence-corrected chi connectivity index (χ3v) is 2.90. The molecule has 0 aromatic heterocycles. The molecule has 1 aromatic rings. The van der Waals surface area contributed by atoms with Crippen LogP contribution in [0.15, 0.2) is 24.3 Å². The fourth-order valence-electron chi connectivity index (χ4n) is 1.73. The summed E-state index contributed by atoms with van der Waals surface area (Å²) in [6.45, 7) is 1.19. The van der Waals surface area contributed by atoms with E-state index in [0.29, 0.717) is 0 Å². The first-order valence-electron chi connectivity index (χ1n) is 7.14. The highest BCUT2D eigenvalue weighted by molar-refractivity contribution is 6.39. The molecule has 1 atom stereocenters. The summed E-state index contributed by atoms with van der Waals surface area (Å²) in [5.74, 6) is -4.18. The lowest BCUT2D eigenvalue weighted by Gasteiger charge is -2.13. The molecule has 0 saturated heterocycles. The van der Waals surface area contributed by atoms with E-state index in [1.807, 2.05) is 0 Å². The zero-order valence-corrected chi connectivity index (χ0v) is 13.0. The SMILES string of the molecule is CC(CCC(=O)O)NC(=O)CNC(=O)C(=O)Nc1cccc(F)c1. The molecule has 24 heavy (non-hydrogen) atoms. The first kappa shape index (κ1) is 19.1. The molecule has 0 aliphatic carbocycles. The van der Waals surface area contributed by atoms with Gasteiger partial charge < -0.3 is 21.1 Å². The third-order valence-electron chi connectivity index (χ3n) is 2.90. The highest BCUT2D eigenvalue weighted by Gasteiger charge is 2.16. The number of carbonyl (C=O) groups is 4. The number of anilines is 1. The minimum atomic E-state index is -1.05. The molecule has 4 N–H and O–H groups in total. The summed E-state index contributed by atoms with van der Waals surface area (Å²) in [4.78, 5) is 45.1. The van der Waals surface area contributed by atoms with Crippen LogP contribution >= 0.6 is 0 Å². The molecule has 1 unspecified atom stereocenters. The van der Waals surface area contributed by atoms with Gasteiger partial charge in [0.25, 0.3) is 0 Å². The fourth-order valence-corrected chi connectivity index (χ4v) is 1.73. The van der Waals surface area contributed by atoms with Crippen molar-refractivity contribution in [1.29, 1.82) is 0 Å². The topological polar surface area (TPSA) is 125 Å². The number of carboxylic acids is 1. The van der Waals surface area contributed by atoms with Crippen LogP contribution in [0.1, 0.15) is 19.8 Å². The summed E-state index contributed by atoms with van der Waals surface area (Å²) < 4.78 is 13.0. The maximum Gasteiger partial charge on any atom is 0.313 e.